The number of ether oxygens (including phenoxy) is 2. The molecule has 1 aromatic rings. The van der Waals surface area contributed by atoms with Gasteiger partial charge in [0.05, 0.1) is 26.4 Å². The highest BCUT2D eigenvalue weighted by Crippen LogP contribution is 2.31. The first-order valence-electron chi connectivity index (χ1n) is 6.34. The largest absolute Gasteiger partial charge is 0.502 e. The van der Waals surface area contributed by atoms with Gasteiger partial charge in [-0.2, -0.15) is 0 Å². The molecule has 8 nitrogen and oxygen atoms in total. The number of fused-ring (bicyclic) bond motifs is 2. The molecule has 0 aliphatic carbocycles. The predicted octanol–water partition coefficient (Wildman–Crippen LogP) is -1.32. The Morgan fingerprint density at radius 1 is 1.40 bits per heavy atom. The highest BCUT2D eigenvalue weighted by atomic mass is 16.6. The van der Waals surface area contributed by atoms with Gasteiger partial charge in [-0.1, -0.05) is 0 Å². The number of aromatic hydroxyl groups is 1. The van der Waals surface area contributed by atoms with E-state index >= 15 is 0 Å². The molecule has 1 amide bonds. The van der Waals surface area contributed by atoms with E-state index in [1.165, 1.54) is 16.9 Å². The van der Waals surface area contributed by atoms with Crippen LogP contribution in [0.5, 0.6) is 5.75 Å². The standard InChI is InChI=1S/C12H13N3O5/c16-7-1-2-15-9(10(7)17)11(18)14-4-12(5-19-6-12)20-3-8(14)13-15/h1-2,8,13,17H,3-6H2/t8-/m0/s1. The Morgan fingerprint density at radius 2 is 2.20 bits per heavy atom. The summed E-state index contributed by atoms with van der Waals surface area (Å²) in [5.41, 5.74) is 1.99. The molecule has 0 aromatic carbocycles. The Labute approximate surface area is 113 Å². The fraction of sp³-hybridized carbons (Fsp3) is 0.500. The molecule has 3 aliphatic rings. The van der Waals surface area contributed by atoms with Gasteiger partial charge in [-0.05, 0) is 0 Å². The minimum absolute atomic E-state index is 0.0361. The monoisotopic (exact) mass is 279 g/mol. The molecule has 0 saturated carbocycles. The van der Waals surface area contributed by atoms with Crippen molar-refractivity contribution < 1.29 is 19.4 Å². The van der Waals surface area contributed by atoms with Gasteiger partial charge in [0.2, 0.25) is 5.43 Å². The molecule has 2 saturated heterocycles. The Balaban J connectivity index is 1.75. The van der Waals surface area contributed by atoms with Gasteiger partial charge in [0.1, 0.15) is 11.8 Å². The van der Waals surface area contributed by atoms with Crippen LogP contribution < -0.4 is 10.9 Å². The van der Waals surface area contributed by atoms with Crippen molar-refractivity contribution >= 4 is 5.91 Å². The second kappa shape index (κ2) is 3.74. The summed E-state index contributed by atoms with van der Waals surface area (Å²) in [6.07, 6.45) is 1.12. The maximum absolute atomic E-state index is 12.5. The summed E-state index contributed by atoms with van der Waals surface area (Å²) in [5, 5.41) is 9.83. The van der Waals surface area contributed by atoms with Crippen molar-refractivity contribution in [3.63, 3.8) is 0 Å². The molecule has 106 valence electrons. The number of amides is 1. The Kier molecular flexibility index (Phi) is 2.19. The van der Waals surface area contributed by atoms with Crippen molar-refractivity contribution in [2.24, 2.45) is 0 Å². The molecule has 0 bridgehead atoms. The van der Waals surface area contributed by atoms with E-state index < -0.39 is 16.8 Å². The normalized spacial score (nSPS) is 26.5. The molecule has 4 heterocycles. The van der Waals surface area contributed by atoms with Crippen LogP contribution >= 0.6 is 0 Å². The fourth-order valence-electron chi connectivity index (χ4n) is 2.77. The molecule has 8 heteroatoms. The lowest BCUT2D eigenvalue weighted by Crippen LogP contribution is -2.70. The zero-order chi connectivity index (χ0) is 13.9. The molecule has 1 atom stereocenters. The van der Waals surface area contributed by atoms with E-state index in [-0.39, 0.29) is 17.8 Å². The third kappa shape index (κ3) is 1.43. The first kappa shape index (κ1) is 11.7. The number of morpholine rings is 1. The van der Waals surface area contributed by atoms with E-state index in [9.17, 15) is 14.7 Å². The van der Waals surface area contributed by atoms with Crippen LogP contribution in [0.1, 0.15) is 10.5 Å². The molecular formula is C12H13N3O5. The lowest BCUT2D eigenvalue weighted by atomic mass is 9.98. The smallest absolute Gasteiger partial charge is 0.278 e. The highest BCUT2D eigenvalue weighted by molar-refractivity contribution is 5.96. The van der Waals surface area contributed by atoms with Crippen molar-refractivity contribution in [3.05, 3.63) is 28.2 Å². The number of hydrogen-bond acceptors (Lipinski definition) is 6. The quantitative estimate of drug-likeness (QED) is 0.612. The second-order valence-electron chi connectivity index (χ2n) is 5.31. The maximum Gasteiger partial charge on any atom is 0.278 e. The van der Waals surface area contributed by atoms with Crippen molar-refractivity contribution in [1.82, 2.24) is 9.58 Å². The van der Waals surface area contributed by atoms with Gasteiger partial charge in [0.25, 0.3) is 5.91 Å². The molecule has 3 aliphatic heterocycles. The van der Waals surface area contributed by atoms with E-state index in [0.29, 0.717) is 26.4 Å². The lowest BCUT2D eigenvalue weighted by Gasteiger charge is -2.52. The van der Waals surface area contributed by atoms with Gasteiger partial charge in [-0.15, -0.1) is 0 Å². The summed E-state index contributed by atoms with van der Waals surface area (Å²) >= 11 is 0. The first-order valence-corrected chi connectivity index (χ1v) is 6.34. The van der Waals surface area contributed by atoms with Gasteiger partial charge in [0, 0.05) is 12.3 Å². The average molecular weight is 279 g/mol. The summed E-state index contributed by atoms with van der Waals surface area (Å²) in [6.45, 7) is 1.63. The third-order valence-electron chi connectivity index (χ3n) is 3.94. The summed E-state index contributed by atoms with van der Waals surface area (Å²) < 4.78 is 12.3. The van der Waals surface area contributed by atoms with Crippen LogP contribution in [0.4, 0.5) is 0 Å². The lowest BCUT2D eigenvalue weighted by molar-refractivity contribution is -0.241. The van der Waals surface area contributed by atoms with E-state index in [1.54, 1.807) is 4.90 Å². The number of carbonyl (C=O) groups is 1. The van der Waals surface area contributed by atoms with E-state index in [2.05, 4.69) is 5.43 Å². The van der Waals surface area contributed by atoms with Gasteiger partial charge in [0.15, 0.2) is 11.4 Å². The summed E-state index contributed by atoms with van der Waals surface area (Å²) in [4.78, 5) is 25.6. The zero-order valence-electron chi connectivity index (χ0n) is 10.5. The summed E-state index contributed by atoms with van der Waals surface area (Å²) in [5.74, 6) is -0.910. The van der Waals surface area contributed by atoms with Gasteiger partial charge in [-0.3, -0.25) is 14.3 Å². The second-order valence-corrected chi connectivity index (χ2v) is 5.31. The van der Waals surface area contributed by atoms with Crippen LogP contribution in [0.3, 0.4) is 0 Å². The van der Waals surface area contributed by atoms with E-state index in [1.807, 2.05) is 0 Å². The molecule has 2 N–H and O–H groups in total. The van der Waals surface area contributed by atoms with Crippen molar-refractivity contribution in [1.29, 1.82) is 0 Å². The minimum atomic E-state index is -0.570. The number of nitrogens with one attached hydrogen (secondary N) is 1. The highest BCUT2D eigenvalue weighted by Gasteiger charge is 2.50. The minimum Gasteiger partial charge on any atom is -0.502 e. The van der Waals surface area contributed by atoms with Gasteiger partial charge in [-0.25, -0.2) is 0 Å². The summed E-state index contributed by atoms with van der Waals surface area (Å²) in [7, 11) is 0. The first-order chi connectivity index (χ1) is 9.60. The van der Waals surface area contributed by atoms with Crippen LogP contribution in [0.25, 0.3) is 0 Å². The zero-order valence-corrected chi connectivity index (χ0v) is 10.5. The molecule has 1 spiro atoms. The van der Waals surface area contributed by atoms with Crippen LogP contribution in [0, 0.1) is 0 Å². The molecule has 2 fully saturated rings. The number of nitrogens with zero attached hydrogens (tertiary/aromatic N) is 2. The van der Waals surface area contributed by atoms with Crippen LogP contribution in [-0.4, -0.2) is 58.7 Å². The van der Waals surface area contributed by atoms with E-state index in [0.717, 1.165) is 0 Å². The number of pyridine rings is 1. The van der Waals surface area contributed by atoms with Crippen molar-refractivity contribution in [2.45, 2.75) is 11.8 Å². The number of rotatable bonds is 0. The average Bonchev–Trinajstić information content (AvgIpc) is 2.41. The summed E-state index contributed by atoms with van der Waals surface area (Å²) in [6, 6.07) is 1.21. The number of aromatic nitrogens is 1. The SMILES string of the molecule is O=C1c2c(O)c(=O)ccn2N[C@@H]2COC3(COC3)CN12. The van der Waals surface area contributed by atoms with E-state index in [4.69, 9.17) is 9.47 Å². The Bertz CT molecular complexity index is 651. The van der Waals surface area contributed by atoms with Gasteiger partial charge < -0.3 is 24.9 Å². The number of carbonyl (C=O) groups excluding carboxylic acids is 1. The van der Waals surface area contributed by atoms with Crippen molar-refractivity contribution in [2.75, 3.05) is 31.8 Å². The van der Waals surface area contributed by atoms with Crippen LogP contribution in [0.2, 0.25) is 0 Å². The molecule has 0 radical (unpaired) electrons. The number of hydrogen-bond donors (Lipinski definition) is 2. The molecule has 4 rings (SSSR count). The van der Waals surface area contributed by atoms with Crippen LogP contribution in [0.15, 0.2) is 17.1 Å². The molecule has 0 unspecified atom stereocenters. The third-order valence-corrected chi connectivity index (χ3v) is 3.94. The Hall–Kier alpha value is -2.06. The van der Waals surface area contributed by atoms with Crippen LogP contribution in [-0.2, 0) is 9.47 Å². The Morgan fingerprint density at radius 3 is 2.90 bits per heavy atom. The molecule has 20 heavy (non-hydrogen) atoms. The molecule has 1 aromatic heterocycles. The molecular weight excluding hydrogens is 266 g/mol. The predicted molar refractivity (Wildman–Crippen MR) is 66.1 cm³/mol. The topological polar surface area (TPSA) is 93.0 Å². The van der Waals surface area contributed by atoms with Crippen molar-refractivity contribution in [3.8, 4) is 5.75 Å². The van der Waals surface area contributed by atoms with Gasteiger partial charge >= 0.3 is 0 Å². The fourth-order valence-corrected chi connectivity index (χ4v) is 2.77. The maximum atomic E-state index is 12.5.